The number of carboxylic acids is 1. The van der Waals surface area contributed by atoms with Crippen molar-refractivity contribution in [3.8, 4) is 23.0 Å². The van der Waals surface area contributed by atoms with Crippen molar-refractivity contribution < 1.29 is 58.1 Å². The summed E-state index contributed by atoms with van der Waals surface area (Å²) in [5.74, 6) is -2.25. The molecule has 12 nitrogen and oxygen atoms in total. The highest BCUT2D eigenvalue weighted by molar-refractivity contribution is 5.91. The maximum Gasteiger partial charge on any atom is 0.338 e. The molecule has 0 unspecified atom stereocenters. The van der Waals surface area contributed by atoms with Crippen LogP contribution in [0.1, 0.15) is 33.6 Å². The summed E-state index contributed by atoms with van der Waals surface area (Å²) in [6.45, 7) is 0. The van der Waals surface area contributed by atoms with E-state index in [-0.39, 0.29) is 22.6 Å². The molecule has 2 aromatic carbocycles. The fourth-order valence-corrected chi connectivity index (χ4v) is 4.00. The molecule has 1 aliphatic rings. The second-order valence-electron chi connectivity index (χ2n) is 8.27. The Bertz CT molecular complexity index is 1160. The Balaban J connectivity index is 1.89. The van der Waals surface area contributed by atoms with Crippen molar-refractivity contribution in [1.82, 2.24) is 0 Å². The summed E-state index contributed by atoms with van der Waals surface area (Å²) in [5.41, 5.74) is -2.37. The fraction of sp³-hybridized carbons (Fsp3) is 0.400. The Kier molecular flexibility index (Phi) is 8.46. The van der Waals surface area contributed by atoms with Gasteiger partial charge in [0.15, 0.2) is 34.7 Å². The van der Waals surface area contributed by atoms with Gasteiger partial charge in [-0.2, -0.15) is 0 Å². The van der Waals surface area contributed by atoms with E-state index in [2.05, 4.69) is 0 Å². The van der Waals surface area contributed by atoms with Crippen molar-refractivity contribution in [2.45, 2.75) is 36.8 Å². The second kappa shape index (κ2) is 11.4. The number of aliphatic hydroxyl groups excluding tert-OH is 1. The largest absolute Gasteiger partial charge is 0.493 e. The van der Waals surface area contributed by atoms with E-state index in [9.17, 15) is 29.7 Å². The van der Waals surface area contributed by atoms with Crippen LogP contribution in [-0.2, 0) is 14.3 Å². The molecule has 1 fully saturated rings. The Morgan fingerprint density at radius 2 is 1.22 bits per heavy atom. The molecule has 3 N–H and O–H groups in total. The van der Waals surface area contributed by atoms with Gasteiger partial charge >= 0.3 is 17.9 Å². The van der Waals surface area contributed by atoms with Crippen molar-refractivity contribution in [1.29, 1.82) is 0 Å². The molecular formula is C25H28O12. The van der Waals surface area contributed by atoms with Crippen molar-refractivity contribution >= 4 is 17.9 Å². The topological polar surface area (TPSA) is 167 Å². The number of rotatable bonds is 9. The van der Waals surface area contributed by atoms with E-state index in [0.29, 0.717) is 11.5 Å². The number of hydrogen-bond acceptors (Lipinski definition) is 11. The summed E-state index contributed by atoms with van der Waals surface area (Å²) in [4.78, 5) is 37.5. The number of hydrogen-bond donors (Lipinski definition) is 3. The fourth-order valence-electron chi connectivity index (χ4n) is 4.00. The number of carboxylic acid groups (broad SMARTS) is 1. The summed E-state index contributed by atoms with van der Waals surface area (Å²) in [6.07, 6.45) is -5.94. The number of carbonyl (C=O) groups is 3. The number of benzene rings is 2. The van der Waals surface area contributed by atoms with Crippen molar-refractivity contribution in [3.63, 3.8) is 0 Å². The normalized spacial score (nSPS) is 22.9. The van der Waals surface area contributed by atoms with Gasteiger partial charge in [-0.3, -0.25) is 0 Å². The van der Waals surface area contributed by atoms with Crippen LogP contribution in [0.5, 0.6) is 23.0 Å². The van der Waals surface area contributed by atoms with Crippen LogP contribution in [0.2, 0.25) is 0 Å². The van der Waals surface area contributed by atoms with Crippen LogP contribution in [0, 0.1) is 0 Å². The molecule has 0 aromatic heterocycles. The standard InChI is InChI=1S/C25H28O12/c1-32-16-7-5-13(9-18(16)34-3)22(27)36-20-12-25(31,24(29)30)11-15(26)21(20)37-23(28)14-6-8-17(33-2)19(10-14)35-4/h5-10,15,20-21,26,31H,11-12H2,1-4H3,(H,29,30)/t15-,20-,21+,25-/m1/s1. The second-order valence-corrected chi connectivity index (χ2v) is 8.27. The van der Waals surface area contributed by atoms with Gasteiger partial charge in [0.25, 0.3) is 0 Å². The molecule has 37 heavy (non-hydrogen) atoms. The molecule has 1 aliphatic carbocycles. The molecule has 2 aromatic rings. The molecule has 0 spiro atoms. The van der Waals surface area contributed by atoms with Crippen molar-refractivity contribution in [2.24, 2.45) is 0 Å². The van der Waals surface area contributed by atoms with Crippen LogP contribution in [0.4, 0.5) is 0 Å². The maximum atomic E-state index is 12.9. The third-order valence-corrected chi connectivity index (χ3v) is 5.97. The molecule has 4 atom stereocenters. The van der Waals surface area contributed by atoms with Crippen molar-refractivity contribution in [3.05, 3.63) is 47.5 Å². The molecule has 200 valence electrons. The molecule has 0 bridgehead atoms. The van der Waals surface area contributed by atoms with Crippen LogP contribution >= 0.6 is 0 Å². The minimum Gasteiger partial charge on any atom is -0.493 e. The van der Waals surface area contributed by atoms with E-state index in [1.54, 1.807) is 0 Å². The van der Waals surface area contributed by atoms with E-state index >= 15 is 0 Å². The molecule has 0 saturated heterocycles. The summed E-state index contributed by atoms with van der Waals surface area (Å²) < 4.78 is 31.6. The number of esters is 2. The van der Waals surface area contributed by atoms with Gasteiger partial charge in [0, 0.05) is 12.8 Å². The highest BCUT2D eigenvalue weighted by atomic mass is 16.6. The average Bonchev–Trinajstić information content (AvgIpc) is 2.89. The Labute approximate surface area is 212 Å². The first kappa shape index (κ1) is 27.6. The minimum atomic E-state index is -2.42. The van der Waals surface area contributed by atoms with Gasteiger partial charge in [0.1, 0.15) is 6.10 Å². The Hall–Kier alpha value is -4.03. The third kappa shape index (κ3) is 5.87. The van der Waals surface area contributed by atoms with E-state index in [1.165, 1.54) is 64.8 Å². The zero-order valence-electron chi connectivity index (χ0n) is 20.6. The van der Waals surface area contributed by atoms with Crippen LogP contribution in [0.3, 0.4) is 0 Å². The lowest BCUT2D eigenvalue weighted by Gasteiger charge is -2.40. The van der Waals surface area contributed by atoms with Gasteiger partial charge in [-0.05, 0) is 36.4 Å². The summed E-state index contributed by atoms with van der Waals surface area (Å²) in [6, 6.07) is 8.43. The summed E-state index contributed by atoms with van der Waals surface area (Å²) in [7, 11) is 5.61. The van der Waals surface area contributed by atoms with Gasteiger partial charge in [-0.1, -0.05) is 0 Å². The average molecular weight is 520 g/mol. The van der Waals surface area contributed by atoms with Crippen LogP contribution in [0.25, 0.3) is 0 Å². The summed E-state index contributed by atoms with van der Waals surface area (Å²) >= 11 is 0. The number of ether oxygens (including phenoxy) is 6. The number of aliphatic hydroxyl groups is 2. The van der Waals surface area contributed by atoms with E-state index in [0.717, 1.165) is 0 Å². The first-order chi connectivity index (χ1) is 17.6. The third-order valence-electron chi connectivity index (χ3n) is 5.97. The predicted octanol–water partition coefficient (Wildman–Crippen LogP) is 1.44. The molecular weight excluding hydrogens is 492 g/mol. The molecule has 3 rings (SSSR count). The molecule has 1 saturated carbocycles. The molecule has 0 radical (unpaired) electrons. The number of methoxy groups -OCH3 is 4. The van der Waals surface area contributed by atoms with Crippen LogP contribution in [0.15, 0.2) is 36.4 Å². The molecule has 0 amide bonds. The zero-order valence-corrected chi connectivity index (χ0v) is 20.6. The quantitative estimate of drug-likeness (QED) is 0.408. The van der Waals surface area contributed by atoms with E-state index in [1.807, 2.05) is 0 Å². The maximum absolute atomic E-state index is 12.9. The lowest BCUT2D eigenvalue weighted by molar-refractivity contribution is -0.187. The van der Waals surface area contributed by atoms with Gasteiger partial charge in [-0.25, -0.2) is 14.4 Å². The zero-order chi connectivity index (χ0) is 27.3. The lowest BCUT2D eigenvalue weighted by atomic mass is 9.79. The van der Waals surface area contributed by atoms with Crippen LogP contribution < -0.4 is 18.9 Å². The van der Waals surface area contributed by atoms with Gasteiger partial charge in [-0.15, -0.1) is 0 Å². The van der Waals surface area contributed by atoms with Gasteiger partial charge in [0.05, 0.1) is 45.7 Å². The lowest BCUT2D eigenvalue weighted by Crippen LogP contribution is -2.58. The number of aliphatic carboxylic acids is 1. The first-order valence-electron chi connectivity index (χ1n) is 11.1. The van der Waals surface area contributed by atoms with E-state index < -0.39 is 54.7 Å². The SMILES string of the molecule is COc1ccc(C(=O)O[C@H]2[C@H](O)C[C@](O)(C(=O)O)C[C@H]2OC(=O)c2ccc(OC)c(OC)c2)cc1OC. The smallest absolute Gasteiger partial charge is 0.338 e. The molecule has 12 heteroatoms. The summed E-state index contributed by atoms with van der Waals surface area (Å²) in [5, 5.41) is 30.7. The Morgan fingerprint density at radius 3 is 1.65 bits per heavy atom. The highest BCUT2D eigenvalue weighted by Crippen LogP contribution is 2.35. The number of carbonyl (C=O) groups excluding carboxylic acids is 2. The first-order valence-corrected chi connectivity index (χ1v) is 11.1. The van der Waals surface area contributed by atoms with Gasteiger partial charge in [0.2, 0.25) is 0 Å². The van der Waals surface area contributed by atoms with E-state index in [4.69, 9.17) is 28.4 Å². The minimum absolute atomic E-state index is 0.0153. The molecule has 0 aliphatic heterocycles. The van der Waals surface area contributed by atoms with Crippen molar-refractivity contribution in [2.75, 3.05) is 28.4 Å². The molecule has 0 heterocycles. The Morgan fingerprint density at radius 1 is 0.757 bits per heavy atom. The van der Waals surface area contributed by atoms with Gasteiger partial charge < -0.3 is 43.7 Å². The predicted molar refractivity (Wildman–Crippen MR) is 125 cm³/mol. The van der Waals surface area contributed by atoms with Crippen LogP contribution in [-0.4, -0.2) is 85.6 Å². The monoisotopic (exact) mass is 520 g/mol. The highest BCUT2D eigenvalue weighted by Gasteiger charge is 2.52.